The van der Waals surface area contributed by atoms with Gasteiger partial charge < -0.3 is 5.11 Å². The van der Waals surface area contributed by atoms with Gasteiger partial charge in [-0.25, -0.2) is 0 Å². The van der Waals surface area contributed by atoms with Crippen molar-refractivity contribution in [2.45, 2.75) is 45.4 Å². The third kappa shape index (κ3) is 1.62. The number of fused-ring (bicyclic) bond motifs is 4. The fourth-order valence-corrected chi connectivity index (χ4v) is 4.56. The van der Waals surface area contributed by atoms with Crippen molar-refractivity contribution < 1.29 is 9.90 Å². The van der Waals surface area contributed by atoms with Crippen LogP contribution in [0.2, 0.25) is 0 Å². The van der Waals surface area contributed by atoms with Crippen molar-refractivity contribution in [1.82, 2.24) is 0 Å². The second-order valence-electron chi connectivity index (χ2n) is 6.48. The lowest BCUT2D eigenvalue weighted by atomic mass is 9.63. The van der Waals surface area contributed by atoms with Crippen molar-refractivity contribution in [3.05, 3.63) is 46.5 Å². The molecule has 4 rings (SSSR count). The van der Waals surface area contributed by atoms with Gasteiger partial charge in [0.15, 0.2) is 0 Å². The Morgan fingerprint density at radius 2 is 2.05 bits per heavy atom. The normalized spacial score (nSPS) is 27.1. The number of carbonyl (C=O) groups excluding carboxylic acids is 1. The van der Waals surface area contributed by atoms with E-state index in [1.165, 1.54) is 27.8 Å². The maximum Gasteiger partial charge on any atom is 0.147 e. The maximum atomic E-state index is 12.4. The van der Waals surface area contributed by atoms with Crippen molar-refractivity contribution in [2.24, 2.45) is 5.41 Å². The van der Waals surface area contributed by atoms with Gasteiger partial charge in [0.1, 0.15) is 11.5 Å². The number of ketones is 1. The van der Waals surface area contributed by atoms with E-state index in [1.54, 1.807) is 6.07 Å². The molecule has 3 aliphatic rings. The molecule has 0 bridgehead atoms. The summed E-state index contributed by atoms with van der Waals surface area (Å²) in [6, 6.07) is 5.73. The van der Waals surface area contributed by atoms with Crippen LogP contribution in [0, 0.1) is 5.41 Å². The van der Waals surface area contributed by atoms with Gasteiger partial charge in [0.05, 0.1) is 5.41 Å². The number of phenols is 1. The molecule has 108 valence electrons. The number of hydrogen-bond acceptors (Lipinski definition) is 2. The van der Waals surface area contributed by atoms with E-state index in [-0.39, 0.29) is 5.41 Å². The van der Waals surface area contributed by atoms with E-state index in [0.717, 1.165) is 32.1 Å². The lowest BCUT2D eigenvalue weighted by molar-refractivity contribution is -0.125. The SMILES string of the molecule is CC[C@]12CCC3=C(CCc4cc(O)ccc43)C1=CCC2=O. The van der Waals surface area contributed by atoms with Crippen LogP contribution in [0.3, 0.4) is 0 Å². The van der Waals surface area contributed by atoms with E-state index in [1.807, 2.05) is 6.07 Å². The van der Waals surface area contributed by atoms with E-state index in [9.17, 15) is 9.90 Å². The summed E-state index contributed by atoms with van der Waals surface area (Å²) in [6.07, 6.45) is 7.64. The van der Waals surface area contributed by atoms with Crippen LogP contribution in [0.25, 0.3) is 5.57 Å². The number of benzene rings is 1. The van der Waals surface area contributed by atoms with E-state index in [2.05, 4.69) is 19.1 Å². The van der Waals surface area contributed by atoms with Crippen molar-refractivity contribution in [1.29, 1.82) is 0 Å². The Hall–Kier alpha value is -1.83. The van der Waals surface area contributed by atoms with E-state index in [0.29, 0.717) is 18.0 Å². The third-order valence-electron chi connectivity index (χ3n) is 5.69. The van der Waals surface area contributed by atoms with E-state index < -0.39 is 0 Å². The van der Waals surface area contributed by atoms with Crippen LogP contribution in [-0.2, 0) is 11.2 Å². The number of hydrogen-bond donors (Lipinski definition) is 1. The number of Topliss-reactive ketones (excluding diaryl/α,β-unsaturated/α-hetero) is 1. The fourth-order valence-electron chi connectivity index (χ4n) is 4.56. The molecule has 0 spiro atoms. The molecular formula is C19H20O2. The Labute approximate surface area is 125 Å². The van der Waals surface area contributed by atoms with Gasteiger partial charge in [-0.15, -0.1) is 0 Å². The second kappa shape index (κ2) is 4.33. The summed E-state index contributed by atoms with van der Waals surface area (Å²) in [6.45, 7) is 2.15. The molecule has 1 aromatic rings. The number of aryl methyl sites for hydroxylation is 1. The molecule has 0 saturated heterocycles. The summed E-state index contributed by atoms with van der Waals surface area (Å²) in [5.74, 6) is 0.773. The van der Waals surface area contributed by atoms with Gasteiger partial charge in [0, 0.05) is 6.42 Å². The van der Waals surface area contributed by atoms with Gasteiger partial charge in [-0.05, 0) is 72.1 Å². The molecule has 0 heterocycles. The first-order valence-electron chi connectivity index (χ1n) is 7.94. The monoisotopic (exact) mass is 280 g/mol. The minimum absolute atomic E-state index is 0.187. The van der Waals surface area contributed by atoms with Crippen LogP contribution in [0.1, 0.15) is 50.2 Å². The lowest BCUT2D eigenvalue weighted by Crippen LogP contribution is -2.33. The largest absolute Gasteiger partial charge is 0.508 e. The van der Waals surface area contributed by atoms with Gasteiger partial charge in [0.2, 0.25) is 0 Å². The molecule has 1 aromatic carbocycles. The van der Waals surface area contributed by atoms with Gasteiger partial charge >= 0.3 is 0 Å². The number of carbonyl (C=O) groups is 1. The number of rotatable bonds is 1. The summed E-state index contributed by atoms with van der Waals surface area (Å²) in [5.41, 5.74) is 6.53. The molecule has 0 saturated carbocycles. The van der Waals surface area contributed by atoms with Gasteiger partial charge in [-0.1, -0.05) is 19.1 Å². The minimum Gasteiger partial charge on any atom is -0.508 e. The molecule has 1 atom stereocenters. The van der Waals surface area contributed by atoms with E-state index >= 15 is 0 Å². The minimum atomic E-state index is -0.187. The fraction of sp³-hybridized carbons (Fsp3) is 0.421. The molecule has 2 nitrogen and oxygen atoms in total. The topological polar surface area (TPSA) is 37.3 Å². The zero-order chi connectivity index (χ0) is 14.6. The zero-order valence-electron chi connectivity index (χ0n) is 12.4. The first-order valence-corrected chi connectivity index (χ1v) is 7.94. The smallest absolute Gasteiger partial charge is 0.147 e. The Bertz CT molecular complexity index is 708. The van der Waals surface area contributed by atoms with Gasteiger partial charge in [0.25, 0.3) is 0 Å². The Morgan fingerprint density at radius 3 is 2.86 bits per heavy atom. The van der Waals surface area contributed by atoms with Crippen molar-refractivity contribution in [3.63, 3.8) is 0 Å². The summed E-state index contributed by atoms with van der Waals surface area (Å²) in [5, 5.41) is 9.68. The highest BCUT2D eigenvalue weighted by atomic mass is 16.3. The summed E-state index contributed by atoms with van der Waals surface area (Å²) >= 11 is 0. The van der Waals surface area contributed by atoms with Crippen LogP contribution < -0.4 is 0 Å². The standard InChI is InChI=1S/C19H20O2/c1-2-19-10-9-15-14-6-4-13(20)11-12(14)3-5-16(15)17(19)7-8-18(19)21/h4,6-7,11,20H,2-3,5,8-10H2,1H3/t19-/m0/s1. The highest BCUT2D eigenvalue weighted by Crippen LogP contribution is 2.55. The van der Waals surface area contributed by atoms with Crippen LogP contribution in [-0.4, -0.2) is 10.9 Å². The number of allylic oxidation sites excluding steroid dienone is 4. The number of phenolic OH excluding ortho intramolecular Hbond substituents is 1. The molecule has 21 heavy (non-hydrogen) atoms. The molecule has 2 heteroatoms. The molecule has 0 radical (unpaired) electrons. The maximum absolute atomic E-state index is 12.4. The lowest BCUT2D eigenvalue weighted by Gasteiger charge is -2.39. The van der Waals surface area contributed by atoms with Crippen LogP contribution in [0.5, 0.6) is 5.75 Å². The molecular weight excluding hydrogens is 260 g/mol. The van der Waals surface area contributed by atoms with Gasteiger partial charge in [-0.3, -0.25) is 4.79 Å². The zero-order valence-corrected chi connectivity index (χ0v) is 12.4. The molecule has 0 unspecified atom stereocenters. The highest BCUT2D eigenvalue weighted by molar-refractivity contribution is 5.97. The van der Waals surface area contributed by atoms with Gasteiger partial charge in [-0.2, -0.15) is 0 Å². The van der Waals surface area contributed by atoms with Crippen LogP contribution in [0.4, 0.5) is 0 Å². The van der Waals surface area contributed by atoms with Crippen molar-refractivity contribution in [2.75, 3.05) is 0 Å². The number of aromatic hydroxyl groups is 1. The average Bonchev–Trinajstić information content (AvgIpc) is 2.84. The quantitative estimate of drug-likeness (QED) is 0.837. The molecule has 3 aliphatic carbocycles. The van der Waals surface area contributed by atoms with E-state index in [4.69, 9.17) is 0 Å². The summed E-state index contributed by atoms with van der Waals surface area (Å²) in [4.78, 5) is 12.4. The Kier molecular flexibility index (Phi) is 2.66. The van der Waals surface area contributed by atoms with Crippen LogP contribution >= 0.6 is 0 Å². The molecule has 0 fully saturated rings. The third-order valence-corrected chi connectivity index (χ3v) is 5.69. The van der Waals surface area contributed by atoms with Crippen molar-refractivity contribution >= 4 is 11.4 Å². The average molecular weight is 280 g/mol. The molecule has 0 amide bonds. The highest BCUT2D eigenvalue weighted by Gasteiger charge is 2.47. The Morgan fingerprint density at radius 1 is 1.19 bits per heavy atom. The summed E-state index contributed by atoms with van der Waals surface area (Å²) in [7, 11) is 0. The first kappa shape index (κ1) is 12.9. The predicted molar refractivity (Wildman–Crippen MR) is 83.0 cm³/mol. The predicted octanol–water partition coefficient (Wildman–Crippen LogP) is 4.18. The molecule has 0 aliphatic heterocycles. The molecule has 1 N–H and O–H groups in total. The van der Waals surface area contributed by atoms with Crippen molar-refractivity contribution in [3.8, 4) is 5.75 Å². The Balaban J connectivity index is 1.88. The molecule has 0 aromatic heterocycles. The second-order valence-corrected chi connectivity index (χ2v) is 6.48. The van der Waals surface area contributed by atoms with Crippen LogP contribution in [0.15, 0.2) is 35.4 Å². The summed E-state index contributed by atoms with van der Waals surface area (Å²) < 4.78 is 0. The first-order chi connectivity index (χ1) is 10.2.